The van der Waals surface area contributed by atoms with Gasteiger partial charge in [0.05, 0.1) is 25.9 Å². The Morgan fingerprint density at radius 3 is 2.84 bits per heavy atom. The number of nitrogens with one attached hydrogen (secondary N) is 2. The maximum Gasteiger partial charge on any atom is 0.329 e. The Labute approximate surface area is 145 Å². The van der Waals surface area contributed by atoms with Crippen LogP contribution in [0.4, 0.5) is 5.95 Å². The molecule has 2 heterocycles. The van der Waals surface area contributed by atoms with Crippen molar-refractivity contribution in [2.24, 2.45) is 7.05 Å². The Morgan fingerprint density at radius 1 is 1.48 bits per heavy atom. The van der Waals surface area contributed by atoms with Gasteiger partial charge >= 0.3 is 5.69 Å². The summed E-state index contributed by atoms with van der Waals surface area (Å²) in [4.78, 5) is 30.8. The predicted molar refractivity (Wildman–Crippen MR) is 96.0 cm³/mol. The van der Waals surface area contributed by atoms with E-state index in [9.17, 15) is 14.7 Å². The zero-order valence-corrected chi connectivity index (χ0v) is 14.8. The molecule has 2 rings (SSSR count). The Kier molecular flexibility index (Phi) is 6.16. The maximum absolute atomic E-state index is 12.3. The first-order valence-electron chi connectivity index (χ1n) is 8.21. The summed E-state index contributed by atoms with van der Waals surface area (Å²) < 4.78 is 8.12. The van der Waals surface area contributed by atoms with Gasteiger partial charge < -0.3 is 19.7 Å². The fourth-order valence-electron chi connectivity index (χ4n) is 2.40. The summed E-state index contributed by atoms with van der Waals surface area (Å²) in [7, 11) is 1.54. The lowest BCUT2D eigenvalue weighted by Crippen LogP contribution is -2.30. The average molecular weight is 351 g/mol. The van der Waals surface area contributed by atoms with E-state index in [0.29, 0.717) is 12.6 Å². The zero-order valence-electron chi connectivity index (χ0n) is 14.8. The van der Waals surface area contributed by atoms with Crippen LogP contribution >= 0.6 is 0 Å². The molecule has 0 saturated heterocycles. The zero-order chi connectivity index (χ0) is 18.6. The number of anilines is 1. The number of ether oxygens (including phenoxy) is 1. The second-order valence-electron chi connectivity index (χ2n) is 5.97. The first-order valence-corrected chi connectivity index (χ1v) is 8.21. The molecule has 0 aromatic carbocycles. The van der Waals surface area contributed by atoms with Crippen molar-refractivity contribution >= 4 is 17.1 Å². The molecule has 3 N–H and O–H groups in total. The van der Waals surface area contributed by atoms with Crippen molar-refractivity contribution in [3.05, 3.63) is 33.5 Å². The van der Waals surface area contributed by atoms with Gasteiger partial charge in [-0.1, -0.05) is 13.0 Å². The summed E-state index contributed by atoms with van der Waals surface area (Å²) in [5, 5.41) is 13.4. The molecule has 2 aromatic rings. The van der Waals surface area contributed by atoms with Crippen LogP contribution in [0, 0.1) is 0 Å². The first kappa shape index (κ1) is 18.9. The van der Waals surface area contributed by atoms with Crippen LogP contribution in [0.1, 0.15) is 20.3 Å². The smallest absolute Gasteiger partial charge is 0.329 e. The summed E-state index contributed by atoms with van der Waals surface area (Å²) in [6.45, 7) is 8.08. The number of aromatic amines is 1. The molecule has 0 aliphatic rings. The molecule has 2 aromatic heterocycles. The van der Waals surface area contributed by atoms with Gasteiger partial charge in [-0.2, -0.15) is 4.98 Å². The van der Waals surface area contributed by atoms with E-state index in [-0.39, 0.29) is 30.4 Å². The van der Waals surface area contributed by atoms with E-state index >= 15 is 0 Å². The lowest BCUT2D eigenvalue weighted by atomic mass is 10.3. The molecule has 0 radical (unpaired) electrons. The highest BCUT2D eigenvalue weighted by Crippen LogP contribution is 2.17. The number of H-pyrrole nitrogens is 1. The summed E-state index contributed by atoms with van der Waals surface area (Å²) in [6.07, 6.45) is 1.60. The molecule has 0 saturated carbocycles. The molecule has 0 fully saturated rings. The standard InChI is InChI=1S/C16H25N5O4/c1-5-7-25-9-11(22)8-21-12-13(18-15(21)17-10(3)6-2)20(4)16(24)19-14(12)23/h5,10-11,22H,1,6-9H2,2-4H3,(H,17,18)(H,19,23,24)/t10-,11-/m0/s1. The number of aromatic nitrogens is 4. The van der Waals surface area contributed by atoms with E-state index in [4.69, 9.17) is 4.74 Å². The van der Waals surface area contributed by atoms with Crippen molar-refractivity contribution in [3.63, 3.8) is 0 Å². The van der Waals surface area contributed by atoms with Crippen LogP contribution in [0.2, 0.25) is 0 Å². The monoisotopic (exact) mass is 351 g/mol. The van der Waals surface area contributed by atoms with E-state index in [1.807, 2.05) is 13.8 Å². The van der Waals surface area contributed by atoms with Crippen molar-refractivity contribution in [3.8, 4) is 0 Å². The van der Waals surface area contributed by atoms with Gasteiger partial charge in [-0.05, 0) is 13.3 Å². The number of fused-ring (bicyclic) bond motifs is 1. The normalized spacial score (nSPS) is 13.8. The van der Waals surface area contributed by atoms with E-state index in [1.165, 1.54) is 11.6 Å². The molecule has 0 spiro atoms. The Bertz CT molecular complexity index is 851. The lowest BCUT2D eigenvalue weighted by Gasteiger charge is -2.17. The SMILES string of the molecule is C=CCOC[C@@H](O)Cn1c(N[C@@H](C)CC)nc2c1c(=O)[nH]c(=O)n2C. The topological polar surface area (TPSA) is 114 Å². The van der Waals surface area contributed by atoms with E-state index in [0.717, 1.165) is 6.42 Å². The number of aliphatic hydroxyl groups is 1. The highest BCUT2D eigenvalue weighted by molar-refractivity contribution is 5.74. The number of imidazole rings is 1. The molecule has 25 heavy (non-hydrogen) atoms. The number of nitrogens with zero attached hydrogens (tertiary/aromatic N) is 3. The van der Waals surface area contributed by atoms with E-state index < -0.39 is 17.4 Å². The summed E-state index contributed by atoms with van der Waals surface area (Å²) in [5.74, 6) is 0.429. The van der Waals surface area contributed by atoms with Crippen LogP contribution in [0.5, 0.6) is 0 Å². The third kappa shape index (κ3) is 4.18. The van der Waals surface area contributed by atoms with Crippen molar-refractivity contribution in [1.29, 1.82) is 0 Å². The molecular weight excluding hydrogens is 326 g/mol. The van der Waals surface area contributed by atoms with Crippen LogP contribution in [0.15, 0.2) is 22.2 Å². The molecule has 138 valence electrons. The fourth-order valence-corrected chi connectivity index (χ4v) is 2.40. The van der Waals surface area contributed by atoms with Gasteiger partial charge in [0.15, 0.2) is 11.2 Å². The Morgan fingerprint density at radius 2 is 2.20 bits per heavy atom. The second kappa shape index (κ2) is 8.13. The van der Waals surface area contributed by atoms with Crippen molar-refractivity contribution < 1.29 is 9.84 Å². The quantitative estimate of drug-likeness (QED) is 0.439. The van der Waals surface area contributed by atoms with Gasteiger partial charge in [0.1, 0.15) is 0 Å². The third-order valence-electron chi connectivity index (χ3n) is 3.93. The molecule has 9 nitrogen and oxygen atoms in total. The van der Waals surface area contributed by atoms with Crippen LogP contribution in [-0.4, -0.2) is 49.6 Å². The summed E-state index contributed by atoms with van der Waals surface area (Å²) in [5.41, 5.74) is -0.580. The van der Waals surface area contributed by atoms with Gasteiger partial charge in [0, 0.05) is 13.1 Å². The molecule has 0 unspecified atom stereocenters. The van der Waals surface area contributed by atoms with Crippen molar-refractivity contribution in [2.45, 2.75) is 39.0 Å². The highest BCUT2D eigenvalue weighted by Gasteiger charge is 2.20. The minimum Gasteiger partial charge on any atom is -0.389 e. The molecule has 0 aliphatic carbocycles. The lowest BCUT2D eigenvalue weighted by molar-refractivity contribution is 0.0405. The highest BCUT2D eigenvalue weighted by atomic mass is 16.5. The summed E-state index contributed by atoms with van der Waals surface area (Å²) in [6, 6.07) is 0.112. The van der Waals surface area contributed by atoms with Gasteiger partial charge in [0.25, 0.3) is 5.56 Å². The molecule has 2 atom stereocenters. The minimum absolute atomic E-state index is 0.0954. The largest absolute Gasteiger partial charge is 0.389 e. The predicted octanol–water partition coefficient (Wildman–Crippen LogP) is 0.197. The van der Waals surface area contributed by atoms with Gasteiger partial charge in [0.2, 0.25) is 5.95 Å². The third-order valence-corrected chi connectivity index (χ3v) is 3.93. The number of aryl methyl sites for hydroxylation is 1. The first-order chi connectivity index (χ1) is 11.9. The summed E-state index contributed by atoms with van der Waals surface area (Å²) >= 11 is 0. The van der Waals surface area contributed by atoms with E-state index in [2.05, 4.69) is 21.9 Å². The Balaban J connectivity index is 2.48. The average Bonchev–Trinajstić information content (AvgIpc) is 2.91. The molecule has 0 amide bonds. The second-order valence-corrected chi connectivity index (χ2v) is 5.97. The molecule has 0 aliphatic heterocycles. The van der Waals surface area contributed by atoms with Crippen LogP contribution in [0.25, 0.3) is 11.2 Å². The van der Waals surface area contributed by atoms with Crippen LogP contribution < -0.4 is 16.6 Å². The number of hydrogen-bond donors (Lipinski definition) is 3. The van der Waals surface area contributed by atoms with Crippen LogP contribution in [-0.2, 0) is 18.3 Å². The number of aliphatic hydroxyl groups excluding tert-OH is 1. The molecular formula is C16H25N5O4. The van der Waals surface area contributed by atoms with Crippen molar-refractivity contribution in [1.82, 2.24) is 19.1 Å². The minimum atomic E-state index is -0.841. The van der Waals surface area contributed by atoms with E-state index in [1.54, 1.807) is 10.6 Å². The van der Waals surface area contributed by atoms with Gasteiger partial charge in [-0.25, -0.2) is 4.79 Å². The Hall–Kier alpha value is -2.39. The van der Waals surface area contributed by atoms with Gasteiger partial charge in [-0.15, -0.1) is 6.58 Å². The number of hydrogen-bond acceptors (Lipinski definition) is 6. The van der Waals surface area contributed by atoms with Gasteiger partial charge in [-0.3, -0.25) is 14.3 Å². The molecule has 9 heteroatoms. The number of rotatable bonds is 9. The fraction of sp³-hybridized carbons (Fsp3) is 0.562. The maximum atomic E-state index is 12.3. The molecule has 0 bridgehead atoms. The van der Waals surface area contributed by atoms with Crippen LogP contribution in [0.3, 0.4) is 0 Å². The van der Waals surface area contributed by atoms with Crippen molar-refractivity contribution in [2.75, 3.05) is 18.5 Å².